The number of hydrogen-bond acceptors (Lipinski definition) is 3. The Morgan fingerprint density at radius 3 is 2.68 bits per heavy atom. The highest BCUT2D eigenvalue weighted by molar-refractivity contribution is 7.37. The molecule has 1 amide bonds. The van der Waals surface area contributed by atoms with Gasteiger partial charge < -0.3 is 9.80 Å². The van der Waals surface area contributed by atoms with Gasteiger partial charge in [0.15, 0.2) is 0 Å². The Morgan fingerprint density at radius 2 is 1.97 bits per heavy atom. The van der Waals surface area contributed by atoms with E-state index in [0.29, 0.717) is 14.1 Å². The van der Waals surface area contributed by atoms with Crippen molar-refractivity contribution >= 4 is 42.0 Å². The third-order valence-electron chi connectivity index (χ3n) is 5.93. The summed E-state index contributed by atoms with van der Waals surface area (Å²) in [5.74, 6) is -0.0192. The Kier molecular flexibility index (Phi) is 6.83. The molecule has 1 aromatic heterocycles. The Morgan fingerprint density at radius 1 is 1.19 bits per heavy atom. The smallest absolute Gasteiger partial charge is 0.258 e. The minimum absolute atomic E-state index is 0.144. The summed E-state index contributed by atoms with van der Waals surface area (Å²) >= 11 is 5.82. The Bertz CT molecular complexity index is 1080. The molecule has 2 saturated heterocycles. The van der Waals surface area contributed by atoms with Gasteiger partial charge in [-0.25, -0.2) is 9.37 Å². The van der Waals surface area contributed by atoms with Gasteiger partial charge >= 0.3 is 0 Å². The van der Waals surface area contributed by atoms with Crippen LogP contribution in [-0.2, 0) is 0 Å². The van der Waals surface area contributed by atoms with Crippen molar-refractivity contribution in [3.05, 3.63) is 58.2 Å². The second-order valence-corrected chi connectivity index (χ2v) is 10.4. The molecule has 0 aliphatic carbocycles. The van der Waals surface area contributed by atoms with E-state index in [1.807, 2.05) is 31.2 Å². The van der Waals surface area contributed by atoms with Gasteiger partial charge in [0.2, 0.25) is 0 Å². The SMILES string of the molecule is CC1CCN(C(=O)c2c(F)cccc2N2CCCC2)C1.Cc1nc2ccc(Cl)cc2[pH]1. The molecule has 3 heterocycles. The fraction of sp³-hybridized carbons (Fsp3) is 0.417. The van der Waals surface area contributed by atoms with Gasteiger partial charge in [-0.2, -0.15) is 0 Å². The van der Waals surface area contributed by atoms with Gasteiger partial charge in [0.1, 0.15) is 5.82 Å². The number of amides is 1. The van der Waals surface area contributed by atoms with Crippen LogP contribution in [0.5, 0.6) is 0 Å². The number of carbonyl (C=O) groups is 1. The normalized spacial score (nSPS) is 18.6. The number of hydrogen-bond donors (Lipinski definition) is 0. The Hall–Kier alpha value is -2.10. The lowest BCUT2D eigenvalue weighted by Crippen LogP contribution is -2.31. The standard InChI is InChI=1S/C16H21FN2O.C8H7ClNP/c1-12-7-10-19(11-12)16(20)15-13(17)5-4-6-14(15)18-8-2-3-9-18;1-5-10-7-3-2-6(9)4-8(7)11-5/h4-6,12H,2-3,7-11H2,1H3;2-4,11H,1H3. The van der Waals surface area contributed by atoms with Crippen molar-refractivity contribution in [3.63, 3.8) is 0 Å². The summed E-state index contributed by atoms with van der Waals surface area (Å²) in [6.07, 6.45) is 3.25. The Balaban J connectivity index is 0.000000177. The van der Waals surface area contributed by atoms with E-state index in [1.165, 1.54) is 16.6 Å². The van der Waals surface area contributed by atoms with Crippen molar-refractivity contribution in [3.8, 4) is 0 Å². The summed E-state index contributed by atoms with van der Waals surface area (Å²) in [5.41, 5.74) is 3.32. The van der Waals surface area contributed by atoms with E-state index >= 15 is 0 Å². The van der Waals surface area contributed by atoms with E-state index in [9.17, 15) is 9.18 Å². The van der Waals surface area contributed by atoms with Gasteiger partial charge in [0.25, 0.3) is 5.91 Å². The zero-order valence-electron chi connectivity index (χ0n) is 18.0. The molecule has 2 aromatic carbocycles. The predicted octanol–water partition coefficient (Wildman–Crippen LogP) is 6.14. The molecule has 2 unspecified atom stereocenters. The molecule has 0 bridgehead atoms. The van der Waals surface area contributed by atoms with Crippen molar-refractivity contribution in [2.75, 3.05) is 31.1 Å². The number of aryl methyl sites for hydroxylation is 1. The maximum Gasteiger partial charge on any atom is 0.258 e. The minimum Gasteiger partial charge on any atom is -0.371 e. The quantitative estimate of drug-likeness (QED) is 0.462. The van der Waals surface area contributed by atoms with E-state index < -0.39 is 0 Å². The highest BCUT2D eigenvalue weighted by Crippen LogP contribution is 2.30. The van der Waals surface area contributed by atoms with Crippen molar-refractivity contribution in [2.45, 2.75) is 33.1 Å². The average Bonchev–Trinajstić information content (AvgIpc) is 3.48. The first-order valence-electron chi connectivity index (χ1n) is 10.9. The maximum atomic E-state index is 14.2. The first kappa shape index (κ1) is 22.1. The number of aromatic nitrogens is 1. The molecule has 31 heavy (non-hydrogen) atoms. The average molecular weight is 460 g/mol. The van der Waals surface area contributed by atoms with Gasteiger partial charge in [-0.1, -0.05) is 24.6 Å². The topological polar surface area (TPSA) is 36.4 Å². The molecule has 2 fully saturated rings. The van der Waals surface area contributed by atoms with E-state index in [1.54, 1.807) is 11.0 Å². The number of anilines is 1. The molecule has 2 atom stereocenters. The van der Waals surface area contributed by atoms with Crippen LogP contribution < -0.4 is 4.90 Å². The molecule has 4 nitrogen and oxygen atoms in total. The lowest BCUT2D eigenvalue weighted by atomic mass is 10.1. The molecule has 164 valence electrons. The van der Waals surface area contributed by atoms with Crippen LogP contribution in [-0.4, -0.2) is 42.0 Å². The number of rotatable bonds is 2. The number of fused-ring (bicyclic) bond motifs is 1. The van der Waals surface area contributed by atoms with Gasteiger partial charge in [0, 0.05) is 36.3 Å². The zero-order valence-corrected chi connectivity index (χ0v) is 19.8. The molecule has 0 radical (unpaired) electrons. The molecule has 0 saturated carbocycles. The number of likely N-dealkylation sites (tertiary alicyclic amines) is 1. The fourth-order valence-corrected chi connectivity index (χ4v) is 5.66. The highest BCUT2D eigenvalue weighted by Gasteiger charge is 2.29. The van der Waals surface area contributed by atoms with Crippen LogP contribution in [0.1, 0.15) is 42.0 Å². The first-order chi connectivity index (χ1) is 14.9. The lowest BCUT2D eigenvalue weighted by molar-refractivity contribution is 0.0784. The molecule has 5 rings (SSSR count). The number of halogens is 2. The molecular weight excluding hydrogens is 432 g/mol. The van der Waals surface area contributed by atoms with Gasteiger partial charge in [-0.3, -0.25) is 4.79 Å². The second-order valence-electron chi connectivity index (χ2n) is 8.46. The molecule has 3 aromatic rings. The summed E-state index contributed by atoms with van der Waals surface area (Å²) in [5, 5.41) is 2.08. The second kappa shape index (κ2) is 9.58. The van der Waals surface area contributed by atoms with E-state index in [-0.39, 0.29) is 17.3 Å². The summed E-state index contributed by atoms with van der Waals surface area (Å²) in [7, 11) is 0.715. The van der Waals surface area contributed by atoms with Crippen LogP contribution in [0.3, 0.4) is 0 Å². The fourth-order valence-electron chi connectivity index (χ4n) is 4.33. The number of benzene rings is 2. The molecule has 2 aliphatic heterocycles. The molecule has 2 aliphatic rings. The highest BCUT2D eigenvalue weighted by atomic mass is 35.5. The van der Waals surface area contributed by atoms with Crippen LogP contribution in [0.15, 0.2) is 36.4 Å². The monoisotopic (exact) mass is 459 g/mol. The van der Waals surface area contributed by atoms with Gasteiger partial charge in [0.05, 0.1) is 22.2 Å². The van der Waals surface area contributed by atoms with E-state index in [0.717, 1.165) is 61.7 Å². The Labute approximate surface area is 189 Å². The molecule has 0 spiro atoms. The van der Waals surface area contributed by atoms with Crippen molar-refractivity contribution < 1.29 is 9.18 Å². The molecule has 0 N–H and O–H groups in total. The predicted molar refractivity (Wildman–Crippen MR) is 129 cm³/mol. The molecule has 7 heteroatoms. The van der Waals surface area contributed by atoms with Crippen LogP contribution in [0.4, 0.5) is 10.1 Å². The van der Waals surface area contributed by atoms with Crippen LogP contribution in [0.2, 0.25) is 5.02 Å². The largest absolute Gasteiger partial charge is 0.371 e. The summed E-state index contributed by atoms with van der Waals surface area (Å²) < 4.78 is 14.2. The number of nitrogens with zero attached hydrogens (tertiary/aromatic N) is 3. The van der Waals surface area contributed by atoms with Gasteiger partial charge in [-0.15, -0.1) is 8.19 Å². The van der Waals surface area contributed by atoms with E-state index in [4.69, 9.17) is 11.6 Å². The van der Waals surface area contributed by atoms with Crippen LogP contribution in [0.25, 0.3) is 10.6 Å². The van der Waals surface area contributed by atoms with Crippen molar-refractivity contribution in [2.24, 2.45) is 5.92 Å². The minimum atomic E-state index is -0.390. The third kappa shape index (κ3) is 5.05. The summed E-state index contributed by atoms with van der Waals surface area (Å²) in [6.45, 7) is 7.50. The third-order valence-corrected chi connectivity index (χ3v) is 7.30. The maximum absolute atomic E-state index is 14.2. The first-order valence-corrected chi connectivity index (χ1v) is 12.2. The van der Waals surface area contributed by atoms with Crippen molar-refractivity contribution in [1.29, 1.82) is 0 Å². The zero-order chi connectivity index (χ0) is 22.0. The van der Waals surface area contributed by atoms with Gasteiger partial charge in [-0.05, 0) is 62.4 Å². The number of carbonyl (C=O) groups excluding carboxylic acids is 1. The lowest BCUT2D eigenvalue weighted by Gasteiger charge is -2.24. The molecular formula is C24H28ClFN3OP. The van der Waals surface area contributed by atoms with Crippen LogP contribution >= 0.6 is 19.8 Å². The van der Waals surface area contributed by atoms with Crippen LogP contribution in [0, 0.1) is 18.7 Å². The van der Waals surface area contributed by atoms with Crippen molar-refractivity contribution in [1.82, 2.24) is 9.88 Å². The summed E-state index contributed by atoms with van der Waals surface area (Å²) in [4.78, 5) is 20.9. The van der Waals surface area contributed by atoms with E-state index in [2.05, 4.69) is 16.8 Å². The summed E-state index contributed by atoms with van der Waals surface area (Å²) in [6, 6.07) is 10.8.